The van der Waals surface area contributed by atoms with E-state index in [1.165, 1.54) is 11.3 Å². The van der Waals surface area contributed by atoms with Crippen LogP contribution in [0.5, 0.6) is 0 Å². The summed E-state index contributed by atoms with van der Waals surface area (Å²) < 4.78 is 2.15. The Kier molecular flexibility index (Phi) is 4.90. The van der Waals surface area contributed by atoms with E-state index in [0.717, 1.165) is 27.3 Å². The summed E-state index contributed by atoms with van der Waals surface area (Å²) in [4.78, 5) is 22.3. The summed E-state index contributed by atoms with van der Waals surface area (Å²) in [6, 6.07) is 4.31. The molecule has 0 aliphatic heterocycles. The molecular formula is C19H24N4OS. The minimum Gasteiger partial charge on any atom is -0.351 e. The van der Waals surface area contributed by atoms with Crippen LogP contribution in [0.4, 0.5) is 0 Å². The predicted molar refractivity (Wildman–Crippen MR) is 103 cm³/mol. The normalized spacial score (nSPS) is 11.6. The Morgan fingerprint density at radius 1 is 1.32 bits per heavy atom. The lowest BCUT2D eigenvalue weighted by Crippen LogP contribution is -2.27. The first-order chi connectivity index (χ1) is 11.9. The number of hydrogen-bond acceptors (Lipinski definition) is 4. The lowest BCUT2D eigenvalue weighted by atomic mass is 10.2. The number of carbonyl (C=O) groups excluding carboxylic acids is 1. The number of nitrogens with one attached hydrogen (secondary N) is 1. The molecule has 25 heavy (non-hydrogen) atoms. The number of aromatic nitrogens is 3. The smallest absolute Gasteiger partial charge is 0.263 e. The molecule has 0 unspecified atom stereocenters. The van der Waals surface area contributed by atoms with Crippen LogP contribution in [-0.4, -0.2) is 27.0 Å². The fourth-order valence-corrected chi connectivity index (χ4v) is 3.75. The molecule has 1 amide bonds. The van der Waals surface area contributed by atoms with E-state index in [2.05, 4.69) is 59.8 Å². The Bertz CT molecular complexity index is 907. The van der Waals surface area contributed by atoms with E-state index in [-0.39, 0.29) is 5.91 Å². The SMILES string of the molecule is Cc1nc(-c2cn(C(C)C)c3ncccc23)sc1C(=O)NCC(C)C. The van der Waals surface area contributed by atoms with Crippen LogP contribution in [0.15, 0.2) is 24.5 Å². The molecule has 0 atom stereocenters. The molecule has 3 rings (SSSR count). The van der Waals surface area contributed by atoms with Crippen molar-refractivity contribution in [2.24, 2.45) is 5.92 Å². The first-order valence-corrected chi connectivity index (χ1v) is 9.41. The van der Waals surface area contributed by atoms with Crippen LogP contribution in [0.2, 0.25) is 0 Å². The molecule has 0 spiro atoms. The Labute approximate surface area is 152 Å². The molecule has 0 bridgehead atoms. The molecule has 132 valence electrons. The van der Waals surface area contributed by atoms with Gasteiger partial charge in [-0.15, -0.1) is 11.3 Å². The van der Waals surface area contributed by atoms with Gasteiger partial charge in [-0.2, -0.15) is 0 Å². The molecule has 0 aromatic carbocycles. The zero-order valence-corrected chi connectivity index (χ0v) is 16.1. The number of thiazole rings is 1. The number of fused-ring (bicyclic) bond motifs is 1. The molecule has 1 N–H and O–H groups in total. The van der Waals surface area contributed by atoms with Gasteiger partial charge in [0.25, 0.3) is 5.91 Å². The second-order valence-electron chi connectivity index (χ2n) is 6.96. The van der Waals surface area contributed by atoms with E-state index in [9.17, 15) is 4.79 Å². The molecule has 3 heterocycles. The van der Waals surface area contributed by atoms with Gasteiger partial charge >= 0.3 is 0 Å². The van der Waals surface area contributed by atoms with Gasteiger partial charge < -0.3 is 9.88 Å². The molecule has 0 fully saturated rings. The van der Waals surface area contributed by atoms with Gasteiger partial charge in [0.05, 0.1) is 5.69 Å². The van der Waals surface area contributed by atoms with Crippen LogP contribution in [0.25, 0.3) is 21.6 Å². The van der Waals surface area contributed by atoms with Gasteiger partial charge in [-0.3, -0.25) is 4.79 Å². The third-order valence-corrected chi connectivity index (χ3v) is 5.24. The van der Waals surface area contributed by atoms with E-state index >= 15 is 0 Å². The minimum atomic E-state index is -0.0410. The van der Waals surface area contributed by atoms with Gasteiger partial charge in [0.1, 0.15) is 15.5 Å². The van der Waals surface area contributed by atoms with Crippen molar-refractivity contribution >= 4 is 28.3 Å². The molecule has 0 saturated carbocycles. The molecule has 6 heteroatoms. The average Bonchev–Trinajstić information content (AvgIpc) is 3.13. The molecular weight excluding hydrogens is 332 g/mol. The van der Waals surface area contributed by atoms with E-state index in [4.69, 9.17) is 0 Å². The number of pyridine rings is 1. The van der Waals surface area contributed by atoms with Crippen molar-refractivity contribution in [2.45, 2.75) is 40.7 Å². The molecule has 0 saturated heterocycles. The molecule has 3 aromatic heterocycles. The summed E-state index contributed by atoms with van der Waals surface area (Å²) in [5, 5.41) is 4.91. The first kappa shape index (κ1) is 17.6. The standard InChI is InChI=1S/C19H24N4OS/c1-11(2)9-21-18(24)16-13(5)22-19(25-16)15-10-23(12(3)4)17-14(15)7-6-8-20-17/h6-8,10-12H,9H2,1-5H3,(H,21,24). The summed E-state index contributed by atoms with van der Waals surface area (Å²) in [6.07, 6.45) is 3.90. The molecule has 3 aromatic rings. The van der Waals surface area contributed by atoms with Crippen molar-refractivity contribution in [1.82, 2.24) is 19.9 Å². The van der Waals surface area contributed by atoms with Gasteiger partial charge in [0.15, 0.2) is 0 Å². The lowest BCUT2D eigenvalue weighted by Gasteiger charge is -2.07. The van der Waals surface area contributed by atoms with E-state index < -0.39 is 0 Å². The Morgan fingerprint density at radius 3 is 2.76 bits per heavy atom. The summed E-state index contributed by atoms with van der Waals surface area (Å²) in [6.45, 7) is 11.0. The van der Waals surface area contributed by atoms with Crippen molar-refractivity contribution in [1.29, 1.82) is 0 Å². The quantitative estimate of drug-likeness (QED) is 0.735. The van der Waals surface area contributed by atoms with Crippen molar-refractivity contribution in [3.63, 3.8) is 0 Å². The highest BCUT2D eigenvalue weighted by Crippen LogP contribution is 2.35. The highest BCUT2D eigenvalue weighted by atomic mass is 32.1. The molecule has 0 aliphatic carbocycles. The number of amides is 1. The predicted octanol–water partition coefficient (Wildman–Crippen LogP) is 4.43. The molecule has 0 aliphatic rings. The Morgan fingerprint density at radius 2 is 2.08 bits per heavy atom. The zero-order chi connectivity index (χ0) is 18.1. The van der Waals surface area contributed by atoms with Gasteiger partial charge in [0, 0.05) is 35.9 Å². The van der Waals surface area contributed by atoms with Crippen molar-refractivity contribution in [2.75, 3.05) is 6.54 Å². The van der Waals surface area contributed by atoms with Gasteiger partial charge in [-0.25, -0.2) is 9.97 Å². The van der Waals surface area contributed by atoms with Crippen LogP contribution in [0.3, 0.4) is 0 Å². The monoisotopic (exact) mass is 356 g/mol. The fourth-order valence-electron chi connectivity index (χ4n) is 2.75. The summed E-state index contributed by atoms with van der Waals surface area (Å²) >= 11 is 1.45. The lowest BCUT2D eigenvalue weighted by molar-refractivity contribution is 0.0952. The van der Waals surface area contributed by atoms with Crippen LogP contribution in [0, 0.1) is 12.8 Å². The number of rotatable bonds is 5. The summed E-state index contributed by atoms with van der Waals surface area (Å²) in [5.74, 6) is 0.382. The second-order valence-corrected chi connectivity index (χ2v) is 7.95. The average molecular weight is 356 g/mol. The van der Waals surface area contributed by atoms with Crippen LogP contribution in [-0.2, 0) is 0 Å². The van der Waals surface area contributed by atoms with Crippen molar-refractivity contribution in [3.8, 4) is 10.6 Å². The number of carbonyl (C=O) groups is 1. The Balaban J connectivity index is 2.02. The van der Waals surface area contributed by atoms with Crippen LogP contribution < -0.4 is 5.32 Å². The summed E-state index contributed by atoms with van der Waals surface area (Å²) in [5.41, 5.74) is 2.76. The van der Waals surface area contributed by atoms with Gasteiger partial charge in [0.2, 0.25) is 0 Å². The van der Waals surface area contributed by atoms with E-state index in [1.807, 2.05) is 19.2 Å². The number of aryl methyl sites for hydroxylation is 1. The maximum atomic E-state index is 12.4. The third-order valence-electron chi connectivity index (χ3n) is 4.05. The topological polar surface area (TPSA) is 59.8 Å². The van der Waals surface area contributed by atoms with Crippen LogP contribution >= 0.6 is 11.3 Å². The maximum Gasteiger partial charge on any atom is 0.263 e. The van der Waals surface area contributed by atoms with Crippen molar-refractivity contribution in [3.05, 3.63) is 35.1 Å². The first-order valence-electron chi connectivity index (χ1n) is 8.60. The summed E-state index contributed by atoms with van der Waals surface area (Å²) in [7, 11) is 0. The zero-order valence-electron chi connectivity index (χ0n) is 15.3. The van der Waals surface area contributed by atoms with Gasteiger partial charge in [-0.05, 0) is 38.8 Å². The van der Waals surface area contributed by atoms with E-state index in [0.29, 0.717) is 23.4 Å². The molecule has 0 radical (unpaired) electrons. The maximum absolute atomic E-state index is 12.4. The largest absolute Gasteiger partial charge is 0.351 e. The minimum absolute atomic E-state index is 0.0410. The molecule has 5 nitrogen and oxygen atoms in total. The van der Waals surface area contributed by atoms with Crippen molar-refractivity contribution < 1.29 is 4.79 Å². The Hall–Kier alpha value is -2.21. The highest BCUT2D eigenvalue weighted by Gasteiger charge is 2.20. The van der Waals surface area contributed by atoms with Gasteiger partial charge in [-0.1, -0.05) is 13.8 Å². The van der Waals surface area contributed by atoms with Crippen LogP contribution in [0.1, 0.15) is 49.1 Å². The number of hydrogen-bond donors (Lipinski definition) is 1. The number of nitrogens with zero attached hydrogens (tertiary/aromatic N) is 3. The second kappa shape index (κ2) is 6.96. The van der Waals surface area contributed by atoms with E-state index in [1.54, 1.807) is 0 Å². The highest BCUT2D eigenvalue weighted by molar-refractivity contribution is 7.17. The fraction of sp³-hybridized carbons (Fsp3) is 0.421. The third kappa shape index (κ3) is 3.44.